The standard InChI is InChI=1S/C18H16Cl2N6O4/c1-8-3-2-4-10-14(8)16(28)23-24-17(10)30-15-11(19)5-9(6-12(15)20)26-18(29)25(21)13(27)7-22-26/h5-8H,2-4,21H2,1H3,(H,23,28). The van der Waals surface area contributed by atoms with Crippen molar-refractivity contribution in [3.8, 4) is 17.3 Å². The van der Waals surface area contributed by atoms with Crippen LogP contribution >= 0.6 is 23.2 Å². The van der Waals surface area contributed by atoms with Crippen LogP contribution in [0.1, 0.15) is 36.8 Å². The number of hydrogen-bond acceptors (Lipinski definition) is 7. The molecule has 30 heavy (non-hydrogen) atoms. The van der Waals surface area contributed by atoms with Gasteiger partial charge in [0.1, 0.15) is 6.20 Å². The predicted molar refractivity (Wildman–Crippen MR) is 111 cm³/mol. The second-order valence-corrected chi connectivity index (χ2v) is 7.75. The lowest BCUT2D eigenvalue weighted by Gasteiger charge is -2.22. The Kier molecular flexibility index (Phi) is 5.12. The summed E-state index contributed by atoms with van der Waals surface area (Å²) in [6, 6.07) is 2.78. The first kappa shape index (κ1) is 20.2. The lowest BCUT2D eigenvalue weighted by atomic mass is 9.85. The van der Waals surface area contributed by atoms with Crippen molar-refractivity contribution in [2.24, 2.45) is 0 Å². The van der Waals surface area contributed by atoms with Crippen molar-refractivity contribution in [3.05, 3.63) is 70.7 Å². The number of fused-ring (bicyclic) bond motifs is 1. The third-order valence-corrected chi connectivity index (χ3v) is 5.54. The highest BCUT2D eigenvalue weighted by Crippen LogP contribution is 2.40. The quantitative estimate of drug-likeness (QED) is 0.579. The summed E-state index contributed by atoms with van der Waals surface area (Å²) in [4.78, 5) is 35.8. The molecule has 10 nitrogen and oxygen atoms in total. The number of hydrogen-bond donors (Lipinski definition) is 2. The minimum absolute atomic E-state index is 0.0755. The lowest BCUT2D eigenvalue weighted by Crippen LogP contribution is -2.44. The van der Waals surface area contributed by atoms with Gasteiger partial charge in [0, 0.05) is 11.1 Å². The van der Waals surface area contributed by atoms with Crippen molar-refractivity contribution in [2.45, 2.75) is 32.1 Å². The number of benzene rings is 1. The Morgan fingerprint density at radius 3 is 2.63 bits per heavy atom. The zero-order chi connectivity index (χ0) is 21.6. The minimum atomic E-state index is -0.867. The monoisotopic (exact) mass is 450 g/mol. The van der Waals surface area contributed by atoms with Crippen molar-refractivity contribution < 1.29 is 4.74 Å². The molecule has 1 unspecified atom stereocenters. The van der Waals surface area contributed by atoms with Gasteiger partial charge in [-0.25, -0.2) is 9.89 Å². The van der Waals surface area contributed by atoms with Gasteiger partial charge in [-0.1, -0.05) is 30.1 Å². The van der Waals surface area contributed by atoms with Gasteiger partial charge in [0.2, 0.25) is 5.88 Å². The molecule has 0 saturated carbocycles. The molecule has 1 atom stereocenters. The summed E-state index contributed by atoms with van der Waals surface area (Å²) in [5.74, 6) is 5.83. The summed E-state index contributed by atoms with van der Waals surface area (Å²) in [7, 11) is 0. The van der Waals surface area contributed by atoms with Gasteiger partial charge < -0.3 is 10.6 Å². The first-order valence-corrected chi connectivity index (χ1v) is 9.78. The fourth-order valence-electron chi connectivity index (χ4n) is 3.51. The number of aromatic amines is 1. The van der Waals surface area contributed by atoms with E-state index in [9.17, 15) is 14.4 Å². The van der Waals surface area contributed by atoms with Crippen LogP contribution in [0, 0.1) is 0 Å². The molecule has 0 fully saturated rings. The first-order chi connectivity index (χ1) is 14.3. The fourth-order valence-corrected chi connectivity index (χ4v) is 4.07. The van der Waals surface area contributed by atoms with E-state index in [1.54, 1.807) is 0 Å². The maximum Gasteiger partial charge on any atom is 0.370 e. The zero-order valence-corrected chi connectivity index (χ0v) is 17.2. The number of nitrogens with two attached hydrogens (primary N) is 1. The lowest BCUT2D eigenvalue weighted by molar-refractivity contribution is 0.435. The first-order valence-electron chi connectivity index (χ1n) is 9.03. The topological polar surface area (TPSA) is 138 Å². The van der Waals surface area contributed by atoms with Gasteiger partial charge in [0.15, 0.2) is 5.75 Å². The van der Waals surface area contributed by atoms with Crippen LogP contribution in [0.15, 0.2) is 32.7 Å². The second-order valence-electron chi connectivity index (χ2n) is 6.93. The van der Waals surface area contributed by atoms with Crippen LogP contribution in [-0.2, 0) is 6.42 Å². The second kappa shape index (κ2) is 7.62. The van der Waals surface area contributed by atoms with E-state index in [0.29, 0.717) is 16.7 Å². The maximum atomic E-state index is 12.2. The normalized spacial score (nSPS) is 15.6. The number of aromatic nitrogens is 5. The molecule has 0 radical (unpaired) electrons. The highest BCUT2D eigenvalue weighted by molar-refractivity contribution is 6.37. The van der Waals surface area contributed by atoms with E-state index in [-0.39, 0.29) is 38.8 Å². The van der Waals surface area contributed by atoms with E-state index in [1.165, 1.54) is 12.1 Å². The van der Waals surface area contributed by atoms with Crippen LogP contribution in [0.5, 0.6) is 11.6 Å². The number of nitrogens with one attached hydrogen (secondary N) is 1. The van der Waals surface area contributed by atoms with Crippen molar-refractivity contribution in [1.29, 1.82) is 0 Å². The molecule has 0 bridgehead atoms. The SMILES string of the molecule is CC1CCCc2c(Oc3c(Cl)cc(-n4ncc(=O)n(N)c4=O)cc3Cl)n[nH]c(=O)c21. The maximum absolute atomic E-state index is 12.2. The van der Waals surface area contributed by atoms with Gasteiger partial charge in [-0.2, -0.15) is 14.5 Å². The van der Waals surface area contributed by atoms with Gasteiger partial charge in [-0.3, -0.25) is 9.59 Å². The van der Waals surface area contributed by atoms with Crippen LogP contribution in [0.3, 0.4) is 0 Å². The molecule has 0 spiro atoms. The summed E-state index contributed by atoms with van der Waals surface area (Å²) < 4.78 is 7.17. The van der Waals surface area contributed by atoms with E-state index in [4.69, 9.17) is 33.8 Å². The Labute approximate surface area is 178 Å². The van der Waals surface area contributed by atoms with Gasteiger partial charge in [0.25, 0.3) is 11.1 Å². The third kappa shape index (κ3) is 3.37. The van der Waals surface area contributed by atoms with E-state index < -0.39 is 11.2 Å². The molecule has 3 N–H and O–H groups in total. The number of ether oxygens (including phenoxy) is 1. The van der Waals surface area contributed by atoms with Crippen LogP contribution in [0.4, 0.5) is 0 Å². The van der Waals surface area contributed by atoms with E-state index in [0.717, 1.165) is 29.3 Å². The van der Waals surface area contributed by atoms with Crippen molar-refractivity contribution in [2.75, 3.05) is 5.84 Å². The fraction of sp³-hybridized carbons (Fsp3) is 0.278. The Morgan fingerprint density at radius 2 is 1.93 bits per heavy atom. The summed E-state index contributed by atoms with van der Waals surface area (Å²) in [5.41, 5.74) is -0.297. The molecule has 3 aromatic rings. The average Bonchev–Trinajstić information content (AvgIpc) is 2.70. The van der Waals surface area contributed by atoms with Crippen LogP contribution in [-0.4, -0.2) is 24.7 Å². The minimum Gasteiger partial charge on any atom is -0.434 e. The van der Waals surface area contributed by atoms with Gasteiger partial charge in [0.05, 0.1) is 15.7 Å². The van der Waals surface area contributed by atoms with E-state index >= 15 is 0 Å². The molecule has 4 rings (SSSR count). The van der Waals surface area contributed by atoms with Crippen molar-refractivity contribution in [3.63, 3.8) is 0 Å². The molecule has 0 amide bonds. The van der Waals surface area contributed by atoms with Crippen LogP contribution in [0.2, 0.25) is 10.0 Å². The molecule has 156 valence electrons. The molecule has 2 aromatic heterocycles. The number of rotatable bonds is 3. The molecule has 1 aliphatic rings. The summed E-state index contributed by atoms with van der Waals surface area (Å²) in [6.45, 7) is 1.98. The van der Waals surface area contributed by atoms with E-state index in [1.807, 2.05) is 6.92 Å². The molecule has 1 aromatic carbocycles. The molecule has 0 aliphatic heterocycles. The highest BCUT2D eigenvalue weighted by atomic mass is 35.5. The van der Waals surface area contributed by atoms with Gasteiger partial charge >= 0.3 is 5.69 Å². The highest BCUT2D eigenvalue weighted by Gasteiger charge is 2.25. The number of nitrogens with zero attached hydrogens (tertiary/aromatic N) is 4. The number of halogens is 2. The molecular weight excluding hydrogens is 435 g/mol. The number of nitrogen functional groups attached to an aromatic ring is 1. The zero-order valence-electron chi connectivity index (χ0n) is 15.7. The smallest absolute Gasteiger partial charge is 0.370 e. The largest absolute Gasteiger partial charge is 0.434 e. The average molecular weight is 451 g/mol. The summed E-state index contributed by atoms with van der Waals surface area (Å²) >= 11 is 12.7. The van der Waals surface area contributed by atoms with Gasteiger partial charge in [-0.05, 0) is 37.3 Å². The molecule has 2 heterocycles. The number of H-pyrrole nitrogens is 1. The predicted octanol–water partition coefficient (Wildman–Crippen LogP) is 1.73. The Hall–Kier alpha value is -3.11. The third-order valence-electron chi connectivity index (χ3n) is 4.98. The Bertz CT molecular complexity index is 1310. The van der Waals surface area contributed by atoms with Crippen molar-refractivity contribution >= 4 is 23.2 Å². The molecular formula is C18H16Cl2N6O4. The van der Waals surface area contributed by atoms with Gasteiger partial charge in [-0.15, -0.1) is 5.10 Å². The van der Waals surface area contributed by atoms with Crippen LogP contribution < -0.4 is 27.4 Å². The molecule has 0 saturated heterocycles. The Balaban J connectivity index is 1.77. The molecule has 1 aliphatic carbocycles. The summed E-state index contributed by atoms with van der Waals surface area (Å²) in [5, 5.41) is 10.4. The van der Waals surface area contributed by atoms with E-state index in [2.05, 4.69) is 15.3 Å². The van der Waals surface area contributed by atoms with Crippen LogP contribution in [0.25, 0.3) is 5.69 Å². The summed E-state index contributed by atoms with van der Waals surface area (Å²) in [6.07, 6.45) is 3.35. The molecule has 12 heteroatoms. The van der Waals surface area contributed by atoms with Crippen molar-refractivity contribution in [1.82, 2.24) is 24.7 Å². The Morgan fingerprint density at radius 1 is 1.23 bits per heavy atom.